The predicted octanol–water partition coefficient (Wildman–Crippen LogP) is 12.8. The zero-order valence-electron chi connectivity index (χ0n) is 28.4. The smallest absolute Gasteiger partial charge is 0.143 e. The number of furan rings is 1. The fraction of sp³-hybridized carbons (Fsp3) is 0.0652. The van der Waals surface area contributed by atoms with Crippen LogP contribution in [0.15, 0.2) is 149 Å². The molecule has 10 rings (SSSR count). The van der Waals surface area contributed by atoms with Gasteiger partial charge in [0, 0.05) is 62.4 Å². The lowest BCUT2D eigenvalue weighted by Crippen LogP contribution is -2.44. The Morgan fingerprint density at radius 1 is 0.654 bits per heavy atom. The second-order valence-electron chi connectivity index (χ2n) is 13.2. The average molecular weight is 708 g/mol. The summed E-state index contributed by atoms with van der Waals surface area (Å²) in [5, 5.41) is 13.7. The van der Waals surface area contributed by atoms with Crippen molar-refractivity contribution in [1.29, 1.82) is 0 Å². The number of nitrogens with zero attached hydrogens (tertiary/aromatic N) is 1. The Bertz CT molecular complexity index is 2910. The molecule has 0 saturated carbocycles. The molecule has 4 nitrogen and oxygen atoms in total. The van der Waals surface area contributed by atoms with E-state index in [1.807, 2.05) is 35.7 Å². The van der Waals surface area contributed by atoms with Crippen LogP contribution < -0.4 is 10.6 Å². The van der Waals surface area contributed by atoms with Crippen LogP contribution in [0, 0.1) is 0 Å². The lowest BCUT2D eigenvalue weighted by molar-refractivity contribution is 0.409. The highest BCUT2D eigenvalue weighted by Crippen LogP contribution is 2.41. The standard InChI is InChI=1S/C46H33N3OS2/c1-3-11-32-35-16-10-15-31(43(35)50-38(32)4-2)28-18-21-34-37-25-30(20-23-41(37)52-42(34)26-28)46-48-44(27-12-6-5-7-13-27)47-45(49-46)29-19-22-40-36(24-29)33-14-8-9-17-39(33)51-40/h3-26,44,46,48H,2H2,1H3,(H,47,49)/b11-3-. The third-order valence-electron chi connectivity index (χ3n) is 10.1. The van der Waals surface area contributed by atoms with Crippen molar-refractivity contribution in [1.82, 2.24) is 10.6 Å². The predicted molar refractivity (Wildman–Crippen MR) is 223 cm³/mol. The fourth-order valence-corrected chi connectivity index (χ4v) is 9.79. The van der Waals surface area contributed by atoms with Gasteiger partial charge in [0.15, 0.2) is 0 Å². The molecular weight excluding hydrogens is 675 g/mol. The molecule has 6 aromatic carbocycles. The summed E-state index contributed by atoms with van der Waals surface area (Å²) in [6.07, 6.45) is 5.59. The van der Waals surface area contributed by atoms with Gasteiger partial charge in [0.1, 0.15) is 29.5 Å². The number of nitrogens with one attached hydrogen (secondary N) is 2. The molecule has 4 heterocycles. The first-order valence-corrected chi connectivity index (χ1v) is 19.1. The largest absolute Gasteiger partial charge is 0.455 e. The van der Waals surface area contributed by atoms with Crippen molar-refractivity contribution in [3.63, 3.8) is 0 Å². The van der Waals surface area contributed by atoms with Crippen LogP contribution in [-0.2, 0) is 0 Å². The molecule has 0 spiro atoms. The van der Waals surface area contributed by atoms with E-state index in [1.165, 1.54) is 45.9 Å². The van der Waals surface area contributed by atoms with E-state index in [1.54, 1.807) is 6.08 Å². The number of hydrogen-bond acceptors (Lipinski definition) is 6. The summed E-state index contributed by atoms with van der Waals surface area (Å²) < 4.78 is 11.5. The summed E-state index contributed by atoms with van der Waals surface area (Å²) in [5.74, 6) is 1.68. The average Bonchev–Trinajstić information content (AvgIpc) is 3.88. The molecule has 9 aromatic rings. The fourth-order valence-electron chi connectivity index (χ4n) is 7.57. The molecule has 0 radical (unpaired) electrons. The first-order valence-electron chi connectivity index (χ1n) is 17.5. The van der Waals surface area contributed by atoms with Gasteiger partial charge in [0.25, 0.3) is 0 Å². The van der Waals surface area contributed by atoms with Crippen molar-refractivity contribution < 1.29 is 4.42 Å². The summed E-state index contributed by atoms with van der Waals surface area (Å²) in [4.78, 5) is 5.24. The van der Waals surface area contributed by atoms with Crippen molar-refractivity contribution in [3.8, 4) is 11.1 Å². The molecule has 0 saturated heterocycles. The summed E-state index contributed by atoms with van der Waals surface area (Å²) in [6, 6.07) is 45.9. The molecule has 1 aliphatic rings. The number of rotatable bonds is 6. The van der Waals surface area contributed by atoms with E-state index >= 15 is 0 Å². The molecule has 3 aromatic heterocycles. The number of fused-ring (bicyclic) bond motifs is 7. The summed E-state index contributed by atoms with van der Waals surface area (Å²) in [7, 11) is 0. The van der Waals surface area contributed by atoms with Crippen molar-refractivity contribution in [2.24, 2.45) is 4.99 Å². The van der Waals surface area contributed by atoms with Crippen molar-refractivity contribution in [2.45, 2.75) is 19.3 Å². The van der Waals surface area contributed by atoms with E-state index in [2.05, 4.69) is 151 Å². The summed E-state index contributed by atoms with van der Waals surface area (Å²) >= 11 is 3.66. The van der Waals surface area contributed by atoms with Gasteiger partial charge in [-0.1, -0.05) is 104 Å². The maximum atomic E-state index is 6.37. The van der Waals surface area contributed by atoms with Gasteiger partial charge in [0.2, 0.25) is 0 Å². The third kappa shape index (κ3) is 5.10. The van der Waals surface area contributed by atoms with Crippen LogP contribution in [0.2, 0.25) is 0 Å². The van der Waals surface area contributed by atoms with Crippen LogP contribution in [0.4, 0.5) is 0 Å². The second kappa shape index (κ2) is 12.5. The number of benzene rings is 6. The minimum absolute atomic E-state index is 0.145. The number of para-hydroxylation sites is 1. The lowest BCUT2D eigenvalue weighted by Gasteiger charge is -2.32. The summed E-state index contributed by atoms with van der Waals surface area (Å²) in [6.45, 7) is 6.02. The topological polar surface area (TPSA) is 49.6 Å². The molecular formula is C46H33N3OS2. The monoisotopic (exact) mass is 707 g/mol. The Morgan fingerprint density at radius 3 is 2.25 bits per heavy atom. The van der Waals surface area contributed by atoms with Gasteiger partial charge in [-0.25, -0.2) is 4.99 Å². The second-order valence-corrected chi connectivity index (χ2v) is 15.3. The Balaban J connectivity index is 1.04. The first kappa shape index (κ1) is 31.0. The Hall–Kier alpha value is -5.79. The van der Waals surface area contributed by atoms with Gasteiger partial charge in [-0.15, -0.1) is 22.7 Å². The van der Waals surface area contributed by atoms with Gasteiger partial charge in [-0.2, -0.15) is 0 Å². The molecule has 250 valence electrons. The molecule has 2 unspecified atom stereocenters. The molecule has 0 bridgehead atoms. The van der Waals surface area contributed by atoms with Crippen molar-refractivity contribution >= 4 is 92.0 Å². The minimum Gasteiger partial charge on any atom is -0.455 e. The van der Waals surface area contributed by atoms with Crippen molar-refractivity contribution in [2.75, 3.05) is 0 Å². The molecule has 0 amide bonds. The van der Waals surface area contributed by atoms with E-state index in [9.17, 15) is 0 Å². The zero-order chi connectivity index (χ0) is 34.8. The third-order valence-corrected chi connectivity index (χ3v) is 12.4. The van der Waals surface area contributed by atoms with E-state index in [4.69, 9.17) is 9.41 Å². The number of thiophene rings is 2. The van der Waals surface area contributed by atoms with Crippen LogP contribution in [0.5, 0.6) is 0 Å². The van der Waals surface area contributed by atoms with Gasteiger partial charge in [-0.3, -0.25) is 5.32 Å². The Morgan fingerprint density at radius 2 is 1.38 bits per heavy atom. The van der Waals surface area contributed by atoms with Crippen LogP contribution in [0.3, 0.4) is 0 Å². The van der Waals surface area contributed by atoms with Crippen LogP contribution >= 0.6 is 22.7 Å². The number of amidine groups is 1. The minimum atomic E-state index is -0.200. The van der Waals surface area contributed by atoms with E-state index < -0.39 is 0 Å². The quantitative estimate of drug-likeness (QED) is 0.181. The number of allylic oxidation sites excluding steroid dienone is 1. The lowest BCUT2D eigenvalue weighted by atomic mass is 9.99. The van der Waals surface area contributed by atoms with Gasteiger partial charge < -0.3 is 9.73 Å². The van der Waals surface area contributed by atoms with Gasteiger partial charge >= 0.3 is 0 Å². The maximum Gasteiger partial charge on any atom is 0.143 e. The molecule has 52 heavy (non-hydrogen) atoms. The first-order chi connectivity index (χ1) is 25.6. The molecule has 6 heteroatoms. The molecule has 1 aliphatic heterocycles. The van der Waals surface area contributed by atoms with E-state index in [0.29, 0.717) is 0 Å². The van der Waals surface area contributed by atoms with Gasteiger partial charge in [-0.05, 0) is 72.2 Å². The Labute approximate surface area is 309 Å². The molecule has 0 fully saturated rings. The van der Waals surface area contributed by atoms with Crippen LogP contribution in [0.25, 0.3) is 74.6 Å². The zero-order valence-corrected chi connectivity index (χ0v) is 30.0. The number of hydrogen-bond donors (Lipinski definition) is 2. The number of aliphatic imine (C=N–C) groups is 1. The van der Waals surface area contributed by atoms with Crippen LogP contribution in [0.1, 0.15) is 47.3 Å². The Kier molecular flexibility index (Phi) is 7.43. The molecule has 2 N–H and O–H groups in total. The highest BCUT2D eigenvalue weighted by molar-refractivity contribution is 7.26. The normalized spacial score (nSPS) is 16.4. The highest BCUT2D eigenvalue weighted by Gasteiger charge is 2.26. The molecule has 0 aliphatic carbocycles. The SMILES string of the molecule is C=Cc1oc2c(-c3ccc4c(c3)sc3ccc(C5NC(c6ccc7sc8ccccc8c7c6)=NC(c6ccccc6)N5)cc34)cccc2c1/C=C\C. The van der Waals surface area contributed by atoms with E-state index in [0.717, 1.165) is 50.4 Å². The summed E-state index contributed by atoms with van der Waals surface area (Å²) in [5.41, 5.74) is 7.56. The molecule has 2 atom stereocenters. The van der Waals surface area contributed by atoms with E-state index in [-0.39, 0.29) is 12.3 Å². The van der Waals surface area contributed by atoms with Crippen molar-refractivity contribution in [3.05, 3.63) is 168 Å². The van der Waals surface area contributed by atoms with Crippen LogP contribution in [-0.4, -0.2) is 5.84 Å². The maximum absolute atomic E-state index is 6.37. The highest BCUT2D eigenvalue weighted by atomic mass is 32.1. The van der Waals surface area contributed by atoms with Gasteiger partial charge in [0.05, 0.1) is 0 Å².